The van der Waals surface area contributed by atoms with Gasteiger partial charge in [-0.05, 0) is 43.0 Å². The second kappa shape index (κ2) is 7.25. The van der Waals surface area contributed by atoms with Crippen molar-refractivity contribution in [2.24, 2.45) is 11.8 Å². The second-order valence-electron chi connectivity index (χ2n) is 6.85. The van der Waals surface area contributed by atoms with E-state index in [0.29, 0.717) is 6.54 Å². The highest BCUT2D eigenvalue weighted by atomic mass is 16.2. The van der Waals surface area contributed by atoms with Crippen LogP contribution in [-0.2, 0) is 17.9 Å². The van der Waals surface area contributed by atoms with Crippen molar-refractivity contribution in [1.82, 2.24) is 15.5 Å². The number of benzene rings is 1. The van der Waals surface area contributed by atoms with E-state index in [1.165, 1.54) is 37.1 Å². The Morgan fingerprint density at radius 3 is 2.68 bits per heavy atom. The third kappa shape index (κ3) is 4.08. The van der Waals surface area contributed by atoms with Gasteiger partial charge in [-0.25, -0.2) is 0 Å². The molecule has 120 valence electrons. The molecule has 2 saturated heterocycles. The molecule has 0 aromatic heterocycles. The standard InChI is InChI=1S/C18H27N3O/c1-14-5-7-21(8-6-14)13-16-4-2-3-15(9-16)10-20-18(22)17-11-19-12-17/h2-4,9,14,17,19H,5-8,10-13H2,1H3,(H,20,22). The van der Waals surface area contributed by atoms with Crippen LogP contribution in [0.3, 0.4) is 0 Å². The minimum absolute atomic E-state index is 0.165. The van der Waals surface area contributed by atoms with Crippen molar-refractivity contribution >= 4 is 5.91 Å². The van der Waals surface area contributed by atoms with E-state index in [9.17, 15) is 4.79 Å². The summed E-state index contributed by atoms with van der Waals surface area (Å²) in [4.78, 5) is 14.4. The summed E-state index contributed by atoms with van der Waals surface area (Å²) in [6, 6.07) is 8.63. The van der Waals surface area contributed by atoms with E-state index in [4.69, 9.17) is 0 Å². The largest absolute Gasteiger partial charge is 0.352 e. The fraction of sp³-hybridized carbons (Fsp3) is 0.611. The Balaban J connectivity index is 1.50. The summed E-state index contributed by atoms with van der Waals surface area (Å²) in [5, 5.41) is 6.18. The number of rotatable bonds is 5. The predicted octanol–water partition coefficient (Wildman–Crippen LogP) is 1.75. The number of hydrogen-bond donors (Lipinski definition) is 2. The van der Waals surface area contributed by atoms with Gasteiger partial charge in [0, 0.05) is 26.2 Å². The van der Waals surface area contributed by atoms with Gasteiger partial charge < -0.3 is 10.6 Å². The monoisotopic (exact) mass is 301 g/mol. The minimum Gasteiger partial charge on any atom is -0.352 e. The van der Waals surface area contributed by atoms with Gasteiger partial charge in [0.15, 0.2) is 0 Å². The first kappa shape index (κ1) is 15.5. The Bertz CT molecular complexity index is 505. The van der Waals surface area contributed by atoms with Crippen molar-refractivity contribution < 1.29 is 4.79 Å². The lowest BCUT2D eigenvalue weighted by molar-refractivity contribution is -0.126. The quantitative estimate of drug-likeness (QED) is 0.871. The highest BCUT2D eigenvalue weighted by molar-refractivity contribution is 5.79. The molecule has 0 radical (unpaired) electrons. The number of nitrogens with zero attached hydrogens (tertiary/aromatic N) is 1. The Labute approximate surface area is 133 Å². The summed E-state index contributed by atoms with van der Waals surface area (Å²) in [5.74, 6) is 1.21. The van der Waals surface area contributed by atoms with Gasteiger partial charge in [0.1, 0.15) is 0 Å². The first-order chi connectivity index (χ1) is 10.7. The van der Waals surface area contributed by atoms with Crippen LogP contribution in [0.15, 0.2) is 24.3 Å². The smallest absolute Gasteiger partial charge is 0.225 e. The summed E-state index contributed by atoms with van der Waals surface area (Å²) in [7, 11) is 0. The molecule has 1 aromatic rings. The zero-order valence-corrected chi connectivity index (χ0v) is 13.5. The zero-order chi connectivity index (χ0) is 15.4. The molecule has 3 rings (SSSR count). The van der Waals surface area contributed by atoms with E-state index in [1.54, 1.807) is 0 Å². The Kier molecular flexibility index (Phi) is 5.11. The van der Waals surface area contributed by atoms with Gasteiger partial charge in [0.2, 0.25) is 5.91 Å². The zero-order valence-electron chi connectivity index (χ0n) is 13.5. The van der Waals surface area contributed by atoms with E-state index < -0.39 is 0 Å². The molecule has 0 saturated carbocycles. The predicted molar refractivity (Wildman–Crippen MR) is 88.3 cm³/mol. The van der Waals surface area contributed by atoms with Crippen LogP contribution in [-0.4, -0.2) is 37.0 Å². The number of piperidine rings is 1. The normalized spacial score (nSPS) is 20.6. The molecule has 1 aromatic carbocycles. The Morgan fingerprint density at radius 2 is 2.00 bits per heavy atom. The maximum atomic E-state index is 11.9. The van der Waals surface area contributed by atoms with E-state index >= 15 is 0 Å². The average Bonchev–Trinajstić information content (AvgIpc) is 2.46. The number of carbonyl (C=O) groups is 1. The summed E-state index contributed by atoms with van der Waals surface area (Å²) in [5.41, 5.74) is 2.55. The summed E-state index contributed by atoms with van der Waals surface area (Å²) < 4.78 is 0. The molecule has 1 amide bonds. The fourth-order valence-corrected chi connectivity index (χ4v) is 3.12. The van der Waals surface area contributed by atoms with Gasteiger partial charge >= 0.3 is 0 Å². The van der Waals surface area contributed by atoms with Crippen molar-refractivity contribution in [3.63, 3.8) is 0 Å². The molecule has 0 aliphatic carbocycles. The first-order valence-electron chi connectivity index (χ1n) is 8.49. The fourth-order valence-electron chi connectivity index (χ4n) is 3.12. The highest BCUT2D eigenvalue weighted by Gasteiger charge is 2.24. The highest BCUT2D eigenvalue weighted by Crippen LogP contribution is 2.18. The van der Waals surface area contributed by atoms with Crippen molar-refractivity contribution in [2.45, 2.75) is 32.9 Å². The number of likely N-dealkylation sites (tertiary alicyclic amines) is 1. The number of hydrogen-bond acceptors (Lipinski definition) is 3. The van der Waals surface area contributed by atoms with Crippen molar-refractivity contribution in [1.29, 1.82) is 0 Å². The van der Waals surface area contributed by atoms with Crippen LogP contribution in [0.5, 0.6) is 0 Å². The van der Waals surface area contributed by atoms with Gasteiger partial charge in [-0.15, -0.1) is 0 Å². The van der Waals surface area contributed by atoms with Crippen LogP contribution >= 0.6 is 0 Å². The van der Waals surface area contributed by atoms with Gasteiger partial charge in [-0.3, -0.25) is 9.69 Å². The molecule has 2 N–H and O–H groups in total. The van der Waals surface area contributed by atoms with Crippen LogP contribution in [0.25, 0.3) is 0 Å². The number of carbonyl (C=O) groups excluding carboxylic acids is 1. The molecule has 4 heteroatoms. The number of nitrogens with one attached hydrogen (secondary N) is 2. The molecule has 0 unspecified atom stereocenters. The van der Waals surface area contributed by atoms with Crippen molar-refractivity contribution in [3.05, 3.63) is 35.4 Å². The van der Waals surface area contributed by atoms with Crippen molar-refractivity contribution in [2.75, 3.05) is 26.2 Å². The van der Waals surface area contributed by atoms with Gasteiger partial charge in [0.05, 0.1) is 5.92 Å². The maximum absolute atomic E-state index is 11.9. The Morgan fingerprint density at radius 1 is 1.27 bits per heavy atom. The summed E-state index contributed by atoms with van der Waals surface area (Å²) >= 11 is 0. The molecule has 2 heterocycles. The van der Waals surface area contributed by atoms with Gasteiger partial charge in [0.25, 0.3) is 0 Å². The van der Waals surface area contributed by atoms with Crippen LogP contribution in [0.2, 0.25) is 0 Å². The third-order valence-electron chi connectivity index (χ3n) is 4.89. The summed E-state index contributed by atoms with van der Waals surface area (Å²) in [6.07, 6.45) is 2.62. The maximum Gasteiger partial charge on any atom is 0.225 e. The van der Waals surface area contributed by atoms with E-state index in [2.05, 4.69) is 46.7 Å². The van der Waals surface area contributed by atoms with E-state index in [0.717, 1.165) is 25.6 Å². The van der Waals surface area contributed by atoms with Crippen LogP contribution in [0, 0.1) is 11.8 Å². The van der Waals surface area contributed by atoms with Gasteiger partial charge in [-0.1, -0.05) is 31.2 Å². The lowest BCUT2D eigenvalue weighted by atomic mass is 9.98. The van der Waals surface area contributed by atoms with Crippen LogP contribution in [0.4, 0.5) is 0 Å². The third-order valence-corrected chi connectivity index (χ3v) is 4.89. The summed E-state index contributed by atoms with van der Waals surface area (Å²) in [6.45, 7) is 8.06. The molecule has 22 heavy (non-hydrogen) atoms. The second-order valence-corrected chi connectivity index (χ2v) is 6.85. The van der Waals surface area contributed by atoms with Crippen LogP contribution < -0.4 is 10.6 Å². The topological polar surface area (TPSA) is 44.4 Å². The lowest BCUT2D eigenvalue weighted by Crippen LogP contribution is -2.50. The molecule has 2 aliphatic rings. The molecule has 2 fully saturated rings. The lowest BCUT2D eigenvalue weighted by Gasteiger charge is -2.30. The molecule has 4 nitrogen and oxygen atoms in total. The molecule has 0 bridgehead atoms. The van der Waals surface area contributed by atoms with E-state index in [-0.39, 0.29) is 11.8 Å². The van der Waals surface area contributed by atoms with E-state index in [1.807, 2.05) is 0 Å². The minimum atomic E-state index is 0.165. The molecular formula is C18H27N3O. The molecular weight excluding hydrogens is 274 g/mol. The SMILES string of the molecule is CC1CCN(Cc2cccc(CNC(=O)C3CNC3)c2)CC1. The van der Waals surface area contributed by atoms with Crippen LogP contribution in [0.1, 0.15) is 30.9 Å². The van der Waals surface area contributed by atoms with Crippen molar-refractivity contribution in [3.8, 4) is 0 Å². The molecule has 2 aliphatic heterocycles. The molecule has 0 spiro atoms. The molecule has 0 atom stereocenters. The Hall–Kier alpha value is -1.39. The number of amides is 1. The average molecular weight is 301 g/mol. The van der Waals surface area contributed by atoms with Gasteiger partial charge in [-0.2, -0.15) is 0 Å². The first-order valence-corrected chi connectivity index (χ1v) is 8.49.